The maximum atomic E-state index is 4.27. The highest BCUT2D eigenvalue weighted by Crippen LogP contribution is 2.21. The van der Waals surface area contributed by atoms with Crippen LogP contribution in [0.1, 0.15) is 5.56 Å². The van der Waals surface area contributed by atoms with Crippen molar-refractivity contribution in [3.63, 3.8) is 0 Å². The van der Waals surface area contributed by atoms with E-state index < -0.39 is 0 Å². The average Bonchev–Trinajstić information content (AvgIpc) is 2.04. The van der Waals surface area contributed by atoms with E-state index in [2.05, 4.69) is 24.2 Å². The Morgan fingerprint density at radius 3 is 2.45 bits per heavy atom. The van der Waals surface area contributed by atoms with Crippen molar-refractivity contribution >= 4 is 23.5 Å². The summed E-state index contributed by atoms with van der Waals surface area (Å²) in [7, 11) is 0. The van der Waals surface area contributed by atoms with Crippen LogP contribution in [0.15, 0.2) is 22.2 Å². The van der Waals surface area contributed by atoms with E-state index in [1.807, 2.05) is 12.5 Å². The number of aromatic nitrogens is 1. The maximum absolute atomic E-state index is 4.27. The van der Waals surface area contributed by atoms with Gasteiger partial charge in [0.1, 0.15) is 0 Å². The Bertz CT molecular complexity index is 248. The normalized spacial score (nSPS) is 10.1. The minimum atomic E-state index is 1.10. The van der Waals surface area contributed by atoms with E-state index >= 15 is 0 Å². The highest BCUT2D eigenvalue weighted by molar-refractivity contribution is 7.99. The first-order valence-electron chi connectivity index (χ1n) is 3.32. The molecule has 0 saturated carbocycles. The molecule has 0 bridgehead atoms. The van der Waals surface area contributed by atoms with Crippen LogP contribution in [0.25, 0.3) is 0 Å². The molecule has 0 saturated heterocycles. The second kappa shape index (κ2) is 4.02. The van der Waals surface area contributed by atoms with Crippen molar-refractivity contribution in [3.8, 4) is 0 Å². The molecule has 0 fully saturated rings. The zero-order valence-corrected chi connectivity index (χ0v) is 8.55. The summed E-state index contributed by atoms with van der Waals surface area (Å²) in [6, 6.07) is 2.12. The van der Waals surface area contributed by atoms with E-state index in [9.17, 15) is 0 Å². The van der Waals surface area contributed by atoms with Crippen LogP contribution in [0.4, 0.5) is 0 Å². The lowest BCUT2D eigenvalue weighted by molar-refractivity contribution is 1.06. The second-order valence-corrected chi connectivity index (χ2v) is 3.87. The van der Waals surface area contributed by atoms with E-state index in [-0.39, 0.29) is 0 Å². The molecule has 0 aliphatic carbocycles. The van der Waals surface area contributed by atoms with Crippen LogP contribution in [0.2, 0.25) is 0 Å². The summed E-state index contributed by atoms with van der Waals surface area (Å²) in [5.74, 6) is 0. The van der Waals surface area contributed by atoms with Crippen molar-refractivity contribution in [2.24, 2.45) is 0 Å². The van der Waals surface area contributed by atoms with Crippen molar-refractivity contribution in [1.82, 2.24) is 4.98 Å². The van der Waals surface area contributed by atoms with Gasteiger partial charge in [0.25, 0.3) is 0 Å². The zero-order valence-electron chi connectivity index (χ0n) is 6.92. The molecule has 1 aromatic rings. The lowest BCUT2D eigenvalue weighted by Gasteiger charge is -2.02. The first-order valence-corrected chi connectivity index (χ1v) is 5.77. The Morgan fingerprint density at radius 1 is 1.27 bits per heavy atom. The highest BCUT2D eigenvalue weighted by atomic mass is 32.2. The van der Waals surface area contributed by atoms with Crippen molar-refractivity contribution in [3.05, 3.63) is 17.8 Å². The smallest absolute Gasteiger partial charge is 0.0960 e. The fourth-order valence-corrected chi connectivity index (χ4v) is 1.83. The summed E-state index contributed by atoms with van der Waals surface area (Å²) < 4.78 is 0. The number of aryl methyl sites for hydroxylation is 1. The first kappa shape index (κ1) is 8.94. The molecule has 0 N–H and O–H groups in total. The molecule has 0 radical (unpaired) electrons. The molecule has 0 atom stereocenters. The fraction of sp³-hybridized carbons (Fsp3) is 0.375. The standard InChI is InChI=1S/C8H11NS2/c1-6-4-8(11-3)9-5-7(6)10-2/h4-5H,1-3H3. The van der Waals surface area contributed by atoms with E-state index in [4.69, 9.17) is 0 Å². The Labute approximate surface area is 76.0 Å². The van der Waals surface area contributed by atoms with Gasteiger partial charge in [0.05, 0.1) is 5.03 Å². The van der Waals surface area contributed by atoms with Gasteiger partial charge in [0.2, 0.25) is 0 Å². The second-order valence-electron chi connectivity index (χ2n) is 2.20. The van der Waals surface area contributed by atoms with Gasteiger partial charge in [-0.1, -0.05) is 0 Å². The molecule has 0 amide bonds. The van der Waals surface area contributed by atoms with E-state index in [1.165, 1.54) is 10.5 Å². The van der Waals surface area contributed by atoms with Crippen molar-refractivity contribution in [1.29, 1.82) is 0 Å². The predicted molar refractivity (Wildman–Crippen MR) is 52.5 cm³/mol. The molecule has 0 spiro atoms. The molecule has 0 unspecified atom stereocenters. The molecule has 60 valence electrons. The number of hydrogen-bond donors (Lipinski definition) is 0. The summed E-state index contributed by atoms with van der Waals surface area (Å²) in [4.78, 5) is 5.54. The van der Waals surface area contributed by atoms with Gasteiger partial charge in [0.15, 0.2) is 0 Å². The SMILES string of the molecule is CSc1cc(C)c(SC)cn1. The summed E-state index contributed by atoms with van der Waals surface area (Å²) in [6.45, 7) is 2.12. The van der Waals surface area contributed by atoms with Gasteiger partial charge in [-0.25, -0.2) is 4.98 Å². The van der Waals surface area contributed by atoms with Gasteiger partial charge >= 0.3 is 0 Å². The quantitative estimate of drug-likeness (QED) is 0.658. The van der Waals surface area contributed by atoms with Crippen LogP contribution in [-0.4, -0.2) is 17.5 Å². The molecular formula is C8H11NS2. The molecule has 3 heteroatoms. The number of nitrogens with zero attached hydrogens (tertiary/aromatic N) is 1. The lowest BCUT2D eigenvalue weighted by Crippen LogP contribution is -1.83. The Balaban J connectivity index is 2.99. The van der Waals surface area contributed by atoms with Crippen LogP contribution in [-0.2, 0) is 0 Å². The van der Waals surface area contributed by atoms with E-state index in [0.717, 1.165) is 5.03 Å². The minimum Gasteiger partial charge on any atom is -0.249 e. The largest absolute Gasteiger partial charge is 0.249 e. The molecule has 1 nitrogen and oxygen atoms in total. The average molecular weight is 185 g/mol. The minimum absolute atomic E-state index is 1.10. The Kier molecular flexibility index (Phi) is 3.27. The van der Waals surface area contributed by atoms with Crippen molar-refractivity contribution < 1.29 is 0 Å². The summed E-state index contributed by atoms with van der Waals surface area (Å²) >= 11 is 3.42. The molecule has 1 heterocycles. The summed E-state index contributed by atoms with van der Waals surface area (Å²) in [6.07, 6.45) is 6.05. The maximum Gasteiger partial charge on any atom is 0.0960 e. The molecule has 0 aliphatic heterocycles. The fourth-order valence-electron chi connectivity index (χ4n) is 0.843. The number of hydrogen-bond acceptors (Lipinski definition) is 3. The molecular weight excluding hydrogens is 174 g/mol. The number of rotatable bonds is 2. The van der Waals surface area contributed by atoms with Gasteiger partial charge in [-0.2, -0.15) is 0 Å². The lowest BCUT2D eigenvalue weighted by atomic mass is 10.3. The van der Waals surface area contributed by atoms with Gasteiger partial charge in [0, 0.05) is 11.1 Å². The van der Waals surface area contributed by atoms with E-state index in [1.54, 1.807) is 23.5 Å². The zero-order chi connectivity index (χ0) is 8.27. The number of pyridine rings is 1. The van der Waals surface area contributed by atoms with Crippen LogP contribution < -0.4 is 0 Å². The first-order chi connectivity index (χ1) is 5.27. The predicted octanol–water partition coefficient (Wildman–Crippen LogP) is 2.83. The third-order valence-corrected chi connectivity index (χ3v) is 2.98. The highest BCUT2D eigenvalue weighted by Gasteiger charge is 1.97. The van der Waals surface area contributed by atoms with Crippen LogP contribution in [0.3, 0.4) is 0 Å². The Morgan fingerprint density at radius 2 is 2.00 bits per heavy atom. The third kappa shape index (κ3) is 2.14. The van der Waals surface area contributed by atoms with Crippen LogP contribution >= 0.6 is 23.5 Å². The van der Waals surface area contributed by atoms with Gasteiger partial charge in [-0.15, -0.1) is 23.5 Å². The molecule has 11 heavy (non-hydrogen) atoms. The van der Waals surface area contributed by atoms with Crippen LogP contribution in [0, 0.1) is 6.92 Å². The van der Waals surface area contributed by atoms with Gasteiger partial charge in [-0.3, -0.25) is 0 Å². The third-order valence-electron chi connectivity index (χ3n) is 1.47. The van der Waals surface area contributed by atoms with Crippen molar-refractivity contribution in [2.45, 2.75) is 16.8 Å². The molecule has 0 aliphatic rings. The monoisotopic (exact) mass is 185 g/mol. The van der Waals surface area contributed by atoms with Gasteiger partial charge in [-0.05, 0) is 31.1 Å². The molecule has 1 rings (SSSR count). The van der Waals surface area contributed by atoms with Crippen LogP contribution in [0.5, 0.6) is 0 Å². The Hall–Kier alpha value is -0.150. The van der Waals surface area contributed by atoms with Gasteiger partial charge < -0.3 is 0 Å². The van der Waals surface area contributed by atoms with E-state index in [0.29, 0.717) is 0 Å². The topological polar surface area (TPSA) is 12.9 Å². The van der Waals surface area contributed by atoms with Crippen molar-refractivity contribution in [2.75, 3.05) is 12.5 Å². The number of thioether (sulfide) groups is 2. The molecule has 0 aromatic carbocycles. The summed E-state index contributed by atoms with van der Waals surface area (Å²) in [5, 5.41) is 1.10. The summed E-state index contributed by atoms with van der Waals surface area (Å²) in [5.41, 5.74) is 1.32. The molecule has 1 aromatic heterocycles.